The number of nitrogens with one attached hydrogen (secondary N) is 1. The number of methoxy groups -OCH3 is 1. The van der Waals surface area contributed by atoms with Crippen LogP contribution >= 0.6 is 0 Å². The number of aromatic nitrogens is 3. The van der Waals surface area contributed by atoms with Gasteiger partial charge in [0, 0.05) is 18.2 Å². The molecule has 1 aromatic heterocycles. The van der Waals surface area contributed by atoms with Crippen LogP contribution in [0.4, 0.5) is 10.1 Å². The average Bonchev–Trinajstić information content (AvgIpc) is 2.81. The van der Waals surface area contributed by atoms with E-state index in [4.69, 9.17) is 4.74 Å². The summed E-state index contributed by atoms with van der Waals surface area (Å²) in [7, 11) is 1.24. The first kappa shape index (κ1) is 25.6. The zero-order valence-corrected chi connectivity index (χ0v) is 20.5. The van der Waals surface area contributed by atoms with E-state index in [-0.39, 0.29) is 24.4 Å². The molecule has 35 heavy (non-hydrogen) atoms. The standard InChI is InChI=1S/C26H29FN4O4/c1-16(2)12-20-10-11-21(13-22(20)27)28-24-29-25(33)31(14-18(4)23(32)35-5)26(34)30(24)15-19-8-6-17(3)7-9-19/h6-13,18H,14-15H2,1-5H3,(H,28,29,33)/t18-/m0/s1. The van der Waals surface area contributed by atoms with E-state index in [2.05, 4.69) is 9.98 Å². The van der Waals surface area contributed by atoms with Crippen molar-refractivity contribution in [2.24, 2.45) is 10.9 Å². The number of H-pyrrole nitrogens is 1. The number of ether oxygens (including phenoxy) is 1. The quantitative estimate of drug-likeness (QED) is 0.525. The molecular weight excluding hydrogens is 451 g/mol. The first-order valence-corrected chi connectivity index (χ1v) is 11.2. The van der Waals surface area contributed by atoms with E-state index >= 15 is 0 Å². The minimum atomic E-state index is -0.730. The number of aryl methyl sites for hydroxylation is 1. The van der Waals surface area contributed by atoms with E-state index in [0.29, 0.717) is 5.56 Å². The highest BCUT2D eigenvalue weighted by molar-refractivity contribution is 5.71. The first-order chi connectivity index (χ1) is 16.6. The Kier molecular flexibility index (Phi) is 8.01. The molecule has 0 amide bonds. The summed E-state index contributed by atoms with van der Waals surface area (Å²) in [6.07, 6.45) is 1.71. The topological polar surface area (TPSA) is 98.4 Å². The molecule has 0 saturated heterocycles. The number of esters is 1. The fourth-order valence-electron chi connectivity index (χ4n) is 3.51. The largest absolute Gasteiger partial charge is 0.469 e. The molecule has 1 N–H and O–H groups in total. The summed E-state index contributed by atoms with van der Waals surface area (Å²) in [4.78, 5) is 45.0. The Labute approximate surface area is 202 Å². The second-order valence-electron chi connectivity index (χ2n) is 8.68. The van der Waals surface area contributed by atoms with Crippen molar-refractivity contribution >= 4 is 17.7 Å². The van der Waals surface area contributed by atoms with E-state index < -0.39 is 29.1 Å². The predicted octanol–water partition coefficient (Wildman–Crippen LogP) is 3.30. The van der Waals surface area contributed by atoms with Gasteiger partial charge in [-0.2, -0.15) is 0 Å². The molecule has 8 nitrogen and oxygen atoms in total. The summed E-state index contributed by atoms with van der Waals surface area (Å²) in [6, 6.07) is 12.0. The number of halogens is 1. The number of benzene rings is 2. The number of allylic oxidation sites excluding steroid dienone is 1. The zero-order valence-electron chi connectivity index (χ0n) is 20.5. The number of nitrogens with zero attached hydrogens (tertiary/aromatic N) is 3. The van der Waals surface area contributed by atoms with Crippen LogP contribution in [0.5, 0.6) is 0 Å². The monoisotopic (exact) mass is 480 g/mol. The third-order valence-corrected chi connectivity index (χ3v) is 5.37. The summed E-state index contributed by atoms with van der Waals surface area (Å²) in [6.45, 7) is 7.20. The maximum absolute atomic E-state index is 14.6. The second kappa shape index (κ2) is 10.9. The molecule has 0 bridgehead atoms. The van der Waals surface area contributed by atoms with Crippen LogP contribution in [0.1, 0.15) is 37.5 Å². The highest BCUT2D eigenvalue weighted by Gasteiger charge is 2.18. The Balaban J connectivity index is 2.17. The van der Waals surface area contributed by atoms with Crippen molar-refractivity contribution in [3.63, 3.8) is 0 Å². The van der Waals surface area contributed by atoms with Gasteiger partial charge in [0.05, 0.1) is 25.3 Å². The van der Waals surface area contributed by atoms with Gasteiger partial charge >= 0.3 is 17.3 Å². The van der Waals surface area contributed by atoms with Crippen molar-refractivity contribution in [1.82, 2.24) is 14.1 Å². The number of aromatic amines is 1. The number of rotatable bonds is 7. The number of carbonyl (C=O) groups excluding carboxylic acids is 1. The molecule has 3 aromatic rings. The van der Waals surface area contributed by atoms with Crippen LogP contribution in [0.2, 0.25) is 0 Å². The fourth-order valence-corrected chi connectivity index (χ4v) is 3.51. The molecule has 2 aromatic carbocycles. The van der Waals surface area contributed by atoms with Crippen LogP contribution in [-0.2, 0) is 22.6 Å². The lowest BCUT2D eigenvalue weighted by Gasteiger charge is -2.14. The van der Waals surface area contributed by atoms with Gasteiger partial charge in [-0.1, -0.05) is 48.4 Å². The molecule has 0 aliphatic carbocycles. The predicted molar refractivity (Wildman–Crippen MR) is 132 cm³/mol. The molecule has 0 unspecified atom stereocenters. The summed E-state index contributed by atoms with van der Waals surface area (Å²) >= 11 is 0. The van der Waals surface area contributed by atoms with Crippen molar-refractivity contribution in [3.05, 3.63) is 97.1 Å². The average molecular weight is 481 g/mol. The van der Waals surface area contributed by atoms with E-state index in [1.807, 2.05) is 45.0 Å². The van der Waals surface area contributed by atoms with E-state index in [0.717, 1.165) is 21.3 Å². The molecule has 184 valence electrons. The Morgan fingerprint density at radius 1 is 1.14 bits per heavy atom. The minimum Gasteiger partial charge on any atom is -0.469 e. The Morgan fingerprint density at radius 3 is 2.43 bits per heavy atom. The number of carbonyl (C=O) groups is 1. The van der Waals surface area contributed by atoms with Gasteiger partial charge in [-0.25, -0.2) is 23.5 Å². The summed E-state index contributed by atoms with van der Waals surface area (Å²) in [5.41, 5.74) is 2.05. The van der Waals surface area contributed by atoms with Gasteiger partial charge in [-0.05, 0) is 38.5 Å². The number of hydrogen-bond acceptors (Lipinski definition) is 5. The van der Waals surface area contributed by atoms with Crippen molar-refractivity contribution < 1.29 is 13.9 Å². The molecule has 0 saturated carbocycles. The lowest BCUT2D eigenvalue weighted by atomic mass is 10.1. The van der Waals surface area contributed by atoms with Gasteiger partial charge in [0.1, 0.15) is 5.82 Å². The Bertz CT molecular complexity index is 1440. The van der Waals surface area contributed by atoms with Gasteiger partial charge in [0.25, 0.3) is 0 Å². The Hall–Kier alpha value is -4.01. The fraction of sp³-hybridized carbons (Fsp3) is 0.308. The smallest absolute Gasteiger partial charge is 0.335 e. The molecule has 0 aliphatic heterocycles. The second-order valence-corrected chi connectivity index (χ2v) is 8.68. The van der Waals surface area contributed by atoms with Gasteiger partial charge in [0.15, 0.2) is 0 Å². The maximum Gasteiger partial charge on any atom is 0.335 e. The van der Waals surface area contributed by atoms with Crippen LogP contribution in [0, 0.1) is 18.7 Å². The highest BCUT2D eigenvalue weighted by Crippen LogP contribution is 2.18. The van der Waals surface area contributed by atoms with Crippen molar-refractivity contribution in [2.75, 3.05) is 7.11 Å². The maximum atomic E-state index is 14.6. The van der Waals surface area contributed by atoms with Gasteiger partial charge in [-0.15, -0.1) is 0 Å². The summed E-state index contributed by atoms with van der Waals surface area (Å²) < 4.78 is 21.5. The van der Waals surface area contributed by atoms with Crippen LogP contribution < -0.4 is 17.0 Å². The highest BCUT2D eigenvalue weighted by atomic mass is 19.1. The molecule has 3 rings (SSSR count). The summed E-state index contributed by atoms with van der Waals surface area (Å²) in [5, 5.41) is 0. The van der Waals surface area contributed by atoms with Crippen LogP contribution in [-0.4, -0.2) is 27.2 Å². The molecule has 0 spiro atoms. The lowest BCUT2D eigenvalue weighted by Crippen LogP contribution is -2.51. The lowest BCUT2D eigenvalue weighted by molar-refractivity contribution is -0.145. The third-order valence-electron chi connectivity index (χ3n) is 5.37. The number of hydrogen-bond donors (Lipinski definition) is 1. The SMILES string of the molecule is COC(=O)[C@@H](C)Cn1c(=O)[nH]/c(=N\c2ccc(C=C(C)C)c(F)c2)n(Cc2ccc(C)cc2)c1=O. The van der Waals surface area contributed by atoms with Crippen molar-refractivity contribution in [1.29, 1.82) is 0 Å². The molecule has 0 radical (unpaired) electrons. The van der Waals surface area contributed by atoms with E-state index in [9.17, 15) is 18.8 Å². The summed E-state index contributed by atoms with van der Waals surface area (Å²) in [5.74, 6) is -1.73. The first-order valence-electron chi connectivity index (χ1n) is 11.2. The molecule has 0 aliphatic rings. The van der Waals surface area contributed by atoms with Gasteiger partial charge in [-0.3, -0.25) is 14.3 Å². The zero-order chi connectivity index (χ0) is 25.7. The van der Waals surface area contributed by atoms with Crippen LogP contribution in [0.25, 0.3) is 6.08 Å². The minimum absolute atomic E-state index is 0.0306. The van der Waals surface area contributed by atoms with Crippen molar-refractivity contribution in [2.45, 2.75) is 40.8 Å². The van der Waals surface area contributed by atoms with E-state index in [1.54, 1.807) is 25.1 Å². The third kappa shape index (κ3) is 6.32. The molecular formula is C26H29FN4O4. The molecule has 1 heterocycles. The molecule has 0 fully saturated rings. The molecule has 9 heteroatoms. The van der Waals surface area contributed by atoms with E-state index in [1.165, 1.54) is 17.7 Å². The van der Waals surface area contributed by atoms with Gasteiger partial charge < -0.3 is 4.74 Å². The van der Waals surface area contributed by atoms with Crippen LogP contribution in [0.15, 0.2) is 62.6 Å². The Morgan fingerprint density at radius 2 is 1.83 bits per heavy atom. The van der Waals surface area contributed by atoms with Crippen LogP contribution in [0.3, 0.4) is 0 Å². The van der Waals surface area contributed by atoms with Gasteiger partial charge in [0.2, 0.25) is 5.62 Å². The normalized spacial score (nSPS) is 12.3. The van der Waals surface area contributed by atoms with Crippen molar-refractivity contribution in [3.8, 4) is 0 Å². The molecule has 1 atom stereocenters.